The lowest BCUT2D eigenvalue weighted by molar-refractivity contribution is -0.0612. The zero-order chi connectivity index (χ0) is 14.3. The minimum atomic E-state index is -0.559. The van der Waals surface area contributed by atoms with Crippen molar-refractivity contribution in [1.82, 2.24) is 0 Å². The molecule has 3 nitrogen and oxygen atoms in total. The van der Waals surface area contributed by atoms with Gasteiger partial charge in [-0.05, 0) is 71.6 Å². The molecule has 2 aliphatic rings. The number of carbonyl (C=O) groups is 1. The van der Waals surface area contributed by atoms with Gasteiger partial charge in [-0.2, -0.15) is 0 Å². The number of fused-ring (bicyclic) bond motifs is 2. The molecule has 0 amide bonds. The molecular weight excluding hydrogens is 240 g/mol. The maximum atomic E-state index is 11.7. The van der Waals surface area contributed by atoms with Crippen LogP contribution in [0, 0.1) is 17.8 Å². The van der Waals surface area contributed by atoms with Gasteiger partial charge in [0.25, 0.3) is 0 Å². The number of hydrogen-bond donors (Lipinski definition) is 0. The van der Waals surface area contributed by atoms with Gasteiger partial charge in [-0.3, -0.25) is 0 Å². The van der Waals surface area contributed by atoms with Gasteiger partial charge >= 0.3 is 6.16 Å². The molecule has 0 saturated heterocycles. The van der Waals surface area contributed by atoms with Crippen LogP contribution in [0.3, 0.4) is 0 Å². The largest absolute Gasteiger partial charge is 0.509 e. The molecule has 3 unspecified atom stereocenters. The van der Waals surface area contributed by atoms with Crippen molar-refractivity contribution < 1.29 is 14.3 Å². The molecule has 2 bridgehead atoms. The predicted octanol–water partition coefficient (Wildman–Crippen LogP) is 4.32. The van der Waals surface area contributed by atoms with Gasteiger partial charge in [-0.25, -0.2) is 4.79 Å². The van der Waals surface area contributed by atoms with Gasteiger partial charge in [0.15, 0.2) is 0 Å². The quantitative estimate of drug-likeness (QED) is 0.563. The summed E-state index contributed by atoms with van der Waals surface area (Å²) in [7, 11) is 0. The summed E-state index contributed by atoms with van der Waals surface area (Å²) in [5.74, 6) is 2.09. The SMILES string of the molecule is CC(C)(C)OC(=O)OC(C)(C)CC1CC2C=CC1C2. The molecule has 19 heavy (non-hydrogen) atoms. The average Bonchev–Trinajstić information content (AvgIpc) is 2.72. The Bertz CT molecular complexity index is 376. The first-order valence-corrected chi connectivity index (χ1v) is 7.25. The third kappa shape index (κ3) is 3.99. The zero-order valence-corrected chi connectivity index (χ0v) is 12.7. The van der Waals surface area contributed by atoms with Gasteiger partial charge in [-0.1, -0.05) is 12.2 Å². The van der Waals surface area contributed by atoms with Crippen LogP contribution >= 0.6 is 0 Å². The van der Waals surface area contributed by atoms with Crippen molar-refractivity contribution in [2.75, 3.05) is 0 Å². The van der Waals surface area contributed by atoms with Crippen LogP contribution in [0.2, 0.25) is 0 Å². The van der Waals surface area contributed by atoms with Crippen LogP contribution in [0.4, 0.5) is 4.79 Å². The Morgan fingerprint density at radius 1 is 1.11 bits per heavy atom. The Morgan fingerprint density at radius 3 is 2.26 bits per heavy atom. The van der Waals surface area contributed by atoms with E-state index in [0.29, 0.717) is 11.8 Å². The number of hydrogen-bond acceptors (Lipinski definition) is 3. The second-order valence-electron chi connectivity index (χ2n) is 7.57. The van der Waals surface area contributed by atoms with Gasteiger partial charge in [-0.15, -0.1) is 0 Å². The molecule has 1 fully saturated rings. The van der Waals surface area contributed by atoms with Crippen molar-refractivity contribution in [3.8, 4) is 0 Å². The van der Waals surface area contributed by atoms with E-state index in [4.69, 9.17) is 9.47 Å². The van der Waals surface area contributed by atoms with Gasteiger partial charge in [0.2, 0.25) is 0 Å². The number of allylic oxidation sites excluding steroid dienone is 2. The summed E-state index contributed by atoms with van der Waals surface area (Å²) < 4.78 is 10.7. The van der Waals surface area contributed by atoms with Crippen molar-refractivity contribution in [2.24, 2.45) is 17.8 Å². The summed E-state index contributed by atoms with van der Waals surface area (Å²) in [6.45, 7) is 9.51. The standard InChI is InChI=1S/C16H26O3/c1-15(2,3)18-14(17)19-16(4,5)10-13-9-11-6-7-12(13)8-11/h6-7,11-13H,8-10H2,1-5H3. The van der Waals surface area contributed by atoms with Crippen LogP contribution in [0.15, 0.2) is 12.2 Å². The van der Waals surface area contributed by atoms with E-state index in [-0.39, 0.29) is 0 Å². The van der Waals surface area contributed by atoms with E-state index in [1.807, 2.05) is 34.6 Å². The van der Waals surface area contributed by atoms with E-state index < -0.39 is 17.4 Å². The lowest BCUT2D eigenvalue weighted by Crippen LogP contribution is -2.35. The van der Waals surface area contributed by atoms with Crippen LogP contribution in [0.25, 0.3) is 0 Å². The molecule has 2 aliphatic carbocycles. The topological polar surface area (TPSA) is 35.5 Å². The van der Waals surface area contributed by atoms with E-state index in [9.17, 15) is 4.79 Å². The first-order chi connectivity index (χ1) is 8.65. The summed E-state index contributed by atoms with van der Waals surface area (Å²) in [5.41, 5.74) is -0.951. The molecule has 108 valence electrons. The molecule has 0 aliphatic heterocycles. The lowest BCUT2D eigenvalue weighted by atomic mass is 9.84. The fraction of sp³-hybridized carbons (Fsp3) is 0.812. The highest BCUT2D eigenvalue weighted by atomic mass is 16.7. The molecule has 0 heterocycles. The fourth-order valence-corrected chi connectivity index (χ4v) is 3.30. The van der Waals surface area contributed by atoms with E-state index in [0.717, 1.165) is 12.3 Å². The summed E-state index contributed by atoms with van der Waals surface area (Å²) in [4.78, 5) is 11.7. The molecule has 0 aromatic heterocycles. The summed E-state index contributed by atoms with van der Waals surface area (Å²) in [6, 6.07) is 0. The second-order valence-corrected chi connectivity index (χ2v) is 7.57. The Kier molecular flexibility index (Phi) is 3.67. The molecule has 0 radical (unpaired) electrons. The van der Waals surface area contributed by atoms with E-state index >= 15 is 0 Å². The third-order valence-corrected chi connectivity index (χ3v) is 3.92. The Labute approximate surface area is 116 Å². The molecule has 3 atom stereocenters. The van der Waals surface area contributed by atoms with Gasteiger partial charge in [0.1, 0.15) is 11.2 Å². The molecule has 1 saturated carbocycles. The lowest BCUT2D eigenvalue weighted by Gasteiger charge is -2.31. The highest BCUT2D eigenvalue weighted by molar-refractivity contribution is 5.61. The fourth-order valence-electron chi connectivity index (χ4n) is 3.30. The summed E-state index contributed by atoms with van der Waals surface area (Å²) in [6.07, 6.45) is 7.55. The van der Waals surface area contributed by atoms with Crippen molar-refractivity contribution in [2.45, 2.75) is 65.1 Å². The zero-order valence-electron chi connectivity index (χ0n) is 12.7. The minimum absolute atomic E-state index is 0.453. The Hall–Kier alpha value is -0.990. The van der Waals surface area contributed by atoms with Crippen LogP contribution in [-0.2, 0) is 9.47 Å². The Balaban J connectivity index is 1.85. The second kappa shape index (κ2) is 4.84. The van der Waals surface area contributed by atoms with Gasteiger partial charge < -0.3 is 9.47 Å². The van der Waals surface area contributed by atoms with Gasteiger partial charge in [0, 0.05) is 0 Å². The molecule has 3 heteroatoms. The van der Waals surface area contributed by atoms with Crippen molar-refractivity contribution in [3.63, 3.8) is 0 Å². The van der Waals surface area contributed by atoms with E-state index in [1.165, 1.54) is 12.8 Å². The summed E-state index contributed by atoms with van der Waals surface area (Å²) in [5, 5.41) is 0. The number of rotatable bonds is 3. The number of carbonyl (C=O) groups excluding carboxylic acids is 1. The minimum Gasteiger partial charge on any atom is -0.429 e. The molecule has 0 N–H and O–H groups in total. The molecular formula is C16H26O3. The normalized spacial score (nSPS) is 29.6. The first kappa shape index (κ1) is 14.4. The third-order valence-electron chi connectivity index (χ3n) is 3.92. The first-order valence-electron chi connectivity index (χ1n) is 7.25. The summed E-state index contributed by atoms with van der Waals surface area (Å²) >= 11 is 0. The maximum Gasteiger partial charge on any atom is 0.509 e. The van der Waals surface area contributed by atoms with E-state index in [2.05, 4.69) is 12.2 Å². The van der Waals surface area contributed by atoms with Crippen molar-refractivity contribution >= 4 is 6.16 Å². The van der Waals surface area contributed by atoms with Crippen LogP contribution < -0.4 is 0 Å². The smallest absolute Gasteiger partial charge is 0.429 e. The van der Waals surface area contributed by atoms with Crippen LogP contribution in [0.5, 0.6) is 0 Å². The van der Waals surface area contributed by atoms with Crippen molar-refractivity contribution in [3.05, 3.63) is 12.2 Å². The predicted molar refractivity (Wildman–Crippen MR) is 74.9 cm³/mol. The molecule has 2 rings (SSSR count). The Morgan fingerprint density at radius 2 is 1.79 bits per heavy atom. The van der Waals surface area contributed by atoms with Crippen LogP contribution in [-0.4, -0.2) is 17.4 Å². The van der Waals surface area contributed by atoms with E-state index in [1.54, 1.807) is 0 Å². The monoisotopic (exact) mass is 266 g/mol. The molecule has 0 aromatic rings. The maximum absolute atomic E-state index is 11.7. The number of ether oxygens (including phenoxy) is 2. The van der Waals surface area contributed by atoms with Crippen LogP contribution in [0.1, 0.15) is 53.9 Å². The highest BCUT2D eigenvalue weighted by Crippen LogP contribution is 2.46. The highest BCUT2D eigenvalue weighted by Gasteiger charge is 2.40. The molecule has 0 spiro atoms. The van der Waals surface area contributed by atoms with Crippen molar-refractivity contribution in [1.29, 1.82) is 0 Å². The van der Waals surface area contributed by atoms with Gasteiger partial charge in [0.05, 0.1) is 0 Å². The average molecular weight is 266 g/mol. The molecule has 0 aromatic carbocycles.